The summed E-state index contributed by atoms with van der Waals surface area (Å²) in [4.78, 5) is 11.0. The van der Waals surface area contributed by atoms with Gasteiger partial charge in [0, 0.05) is 6.08 Å². The minimum Gasteiger partial charge on any atom is -0.463 e. The van der Waals surface area contributed by atoms with Crippen molar-refractivity contribution in [2.24, 2.45) is 0 Å². The molecule has 0 aromatic carbocycles. The van der Waals surface area contributed by atoms with Crippen molar-refractivity contribution >= 4 is 5.97 Å². The Morgan fingerprint density at radius 2 is 1.85 bits per heavy atom. The minimum absolute atomic E-state index is 0.269. The highest BCUT2D eigenvalue weighted by Crippen LogP contribution is 2.08. The first-order valence-corrected chi connectivity index (χ1v) is 4.63. The summed E-state index contributed by atoms with van der Waals surface area (Å²) < 4.78 is 4.77. The lowest BCUT2D eigenvalue weighted by atomic mass is 10.1. The Labute approximate surface area is 80.3 Å². The predicted molar refractivity (Wildman–Crippen MR) is 54.4 cm³/mol. The summed E-state index contributed by atoms with van der Waals surface area (Å²) in [6.45, 7) is 8.37. The van der Waals surface area contributed by atoms with Crippen LogP contribution < -0.4 is 0 Å². The molecule has 0 rings (SSSR count). The van der Waals surface area contributed by atoms with Gasteiger partial charge in [0.2, 0.25) is 0 Å². The Kier molecular flexibility index (Phi) is 5.94. The summed E-state index contributed by atoms with van der Waals surface area (Å²) in [5, 5.41) is 0. The number of allylic oxidation sites excluding steroid dienone is 3. The highest BCUT2D eigenvalue weighted by atomic mass is 16.5. The molecule has 0 bridgehead atoms. The third-order valence-electron chi connectivity index (χ3n) is 1.73. The molecule has 0 amide bonds. The zero-order chi connectivity index (χ0) is 10.3. The SMILES string of the molecule is CCOC(=O)/C=C/C(CC)=C(C)C. The summed E-state index contributed by atoms with van der Waals surface area (Å²) in [5.74, 6) is -0.269. The summed E-state index contributed by atoms with van der Waals surface area (Å²) in [5.41, 5.74) is 2.43. The fraction of sp³-hybridized carbons (Fsp3) is 0.545. The molecule has 0 N–H and O–H groups in total. The predicted octanol–water partition coefficient (Wildman–Crippen LogP) is 2.85. The fourth-order valence-electron chi connectivity index (χ4n) is 0.997. The maximum atomic E-state index is 11.0. The average molecular weight is 182 g/mol. The molecular weight excluding hydrogens is 164 g/mol. The summed E-state index contributed by atoms with van der Waals surface area (Å²) in [6.07, 6.45) is 4.25. The zero-order valence-electron chi connectivity index (χ0n) is 8.89. The Hall–Kier alpha value is -1.05. The van der Waals surface area contributed by atoms with Crippen molar-refractivity contribution in [1.82, 2.24) is 0 Å². The molecule has 0 atom stereocenters. The molecule has 2 heteroatoms. The van der Waals surface area contributed by atoms with Crippen LogP contribution in [0.15, 0.2) is 23.3 Å². The van der Waals surface area contributed by atoms with Gasteiger partial charge in [0.15, 0.2) is 0 Å². The normalized spacial score (nSPS) is 10.2. The molecule has 0 saturated heterocycles. The van der Waals surface area contributed by atoms with Crippen LogP contribution in [0, 0.1) is 0 Å². The van der Waals surface area contributed by atoms with Gasteiger partial charge in [-0.25, -0.2) is 4.79 Å². The lowest BCUT2D eigenvalue weighted by Crippen LogP contribution is -1.99. The topological polar surface area (TPSA) is 26.3 Å². The van der Waals surface area contributed by atoms with E-state index in [0.717, 1.165) is 6.42 Å². The highest BCUT2D eigenvalue weighted by Gasteiger charge is 1.95. The second-order valence-electron chi connectivity index (χ2n) is 2.96. The van der Waals surface area contributed by atoms with Crippen LogP contribution in [0.3, 0.4) is 0 Å². The molecule has 74 valence electrons. The lowest BCUT2D eigenvalue weighted by molar-refractivity contribution is -0.137. The summed E-state index contributed by atoms with van der Waals surface area (Å²) in [7, 11) is 0. The molecule has 0 aromatic heterocycles. The molecular formula is C11H18O2. The van der Waals surface area contributed by atoms with E-state index >= 15 is 0 Å². The van der Waals surface area contributed by atoms with Crippen molar-refractivity contribution in [3.05, 3.63) is 23.3 Å². The molecule has 0 heterocycles. The molecule has 0 fully saturated rings. The van der Waals surface area contributed by atoms with Crippen molar-refractivity contribution in [2.45, 2.75) is 34.1 Å². The third kappa shape index (κ3) is 5.23. The molecule has 0 radical (unpaired) electrons. The van der Waals surface area contributed by atoms with Gasteiger partial charge in [-0.15, -0.1) is 0 Å². The van der Waals surface area contributed by atoms with Crippen LogP contribution in [0.5, 0.6) is 0 Å². The van der Waals surface area contributed by atoms with E-state index in [1.165, 1.54) is 17.2 Å². The number of esters is 1. The van der Waals surface area contributed by atoms with Gasteiger partial charge in [-0.05, 0) is 32.8 Å². The summed E-state index contributed by atoms with van der Waals surface area (Å²) in [6, 6.07) is 0. The van der Waals surface area contributed by atoms with E-state index in [-0.39, 0.29) is 5.97 Å². The van der Waals surface area contributed by atoms with Gasteiger partial charge in [0.25, 0.3) is 0 Å². The smallest absolute Gasteiger partial charge is 0.330 e. The van der Waals surface area contributed by atoms with Crippen LogP contribution in [0.2, 0.25) is 0 Å². The van der Waals surface area contributed by atoms with Crippen LogP contribution in [-0.2, 0) is 9.53 Å². The van der Waals surface area contributed by atoms with E-state index in [1.807, 2.05) is 19.9 Å². The first-order valence-electron chi connectivity index (χ1n) is 4.63. The van der Waals surface area contributed by atoms with Crippen molar-refractivity contribution in [1.29, 1.82) is 0 Å². The van der Waals surface area contributed by atoms with E-state index in [1.54, 1.807) is 6.92 Å². The second-order valence-corrected chi connectivity index (χ2v) is 2.96. The number of hydrogen-bond donors (Lipinski definition) is 0. The lowest BCUT2D eigenvalue weighted by Gasteiger charge is -2.00. The largest absolute Gasteiger partial charge is 0.463 e. The summed E-state index contributed by atoms with van der Waals surface area (Å²) >= 11 is 0. The number of ether oxygens (including phenoxy) is 1. The van der Waals surface area contributed by atoms with Crippen LogP contribution in [0.4, 0.5) is 0 Å². The molecule has 0 saturated carbocycles. The average Bonchev–Trinajstić information content (AvgIpc) is 2.05. The molecule has 0 aliphatic rings. The minimum atomic E-state index is -0.269. The number of carbonyl (C=O) groups is 1. The van der Waals surface area contributed by atoms with Crippen LogP contribution in [0.25, 0.3) is 0 Å². The van der Waals surface area contributed by atoms with Crippen molar-refractivity contribution < 1.29 is 9.53 Å². The number of carbonyl (C=O) groups excluding carboxylic acids is 1. The molecule has 13 heavy (non-hydrogen) atoms. The van der Waals surface area contributed by atoms with Gasteiger partial charge in [-0.1, -0.05) is 18.6 Å². The molecule has 0 aliphatic heterocycles. The highest BCUT2D eigenvalue weighted by molar-refractivity contribution is 5.82. The molecule has 0 aliphatic carbocycles. The Morgan fingerprint density at radius 3 is 2.23 bits per heavy atom. The van der Waals surface area contributed by atoms with Gasteiger partial charge < -0.3 is 4.74 Å². The maximum Gasteiger partial charge on any atom is 0.330 e. The van der Waals surface area contributed by atoms with Crippen LogP contribution in [0.1, 0.15) is 34.1 Å². The standard InChI is InChI=1S/C11H18O2/c1-5-10(9(3)4)7-8-11(12)13-6-2/h7-8H,5-6H2,1-4H3/b8-7+. The van der Waals surface area contributed by atoms with Crippen LogP contribution >= 0.6 is 0 Å². The van der Waals surface area contributed by atoms with Gasteiger partial charge in [0.05, 0.1) is 6.61 Å². The van der Waals surface area contributed by atoms with E-state index in [9.17, 15) is 4.79 Å². The van der Waals surface area contributed by atoms with Gasteiger partial charge in [-0.3, -0.25) is 0 Å². The first-order chi connectivity index (χ1) is 6.11. The Bertz CT molecular complexity index is 220. The molecule has 0 aromatic rings. The zero-order valence-corrected chi connectivity index (χ0v) is 8.89. The quantitative estimate of drug-likeness (QED) is 0.379. The van der Waals surface area contributed by atoms with E-state index < -0.39 is 0 Å². The van der Waals surface area contributed by atoms with Crippen molar-refractivity contribution in [2.75, 3.05) is 6.61 Å². The Morgan fingerprint density at radius 1 is 1.23 bits per heavy atom. The van der Waals surface area contributed by atoms with Gasteiger partial charge in [-0.2, -0.15) is 0 Å². The molecule has 2 nitrogen and oxygen atoms in total. The van der Waals surface area contributed by atoms with E-state index in [0.29, 0.717) is 6.61 Å². The Balaban J connectivity index is 4.25. The molecule has 0 unspecified atom stereocenters. The maximum absolute atomic E-state index is 11.0. The fourth-order valence-corrected chi connectivity index (χ4v) is 0.997. The van der Waals surface area contributed by atoms with E-state index in [4.69, 9.17) is 4.74 Å². The van der Waals surface area contributed by atoms with Crippen LogP contribution in [-0.4, -0.2) is 12.6 Å². The van der Waals surface area contributed by atoms with Gasteiger partial charge in [0.1, 0.15) is 0 Å². The number of hydrogen-bond acceptors (Lipinski definition) is 2. The van der Waals surface area contributed by atoms with E-state index in [2.05, 4.69) is 6.92 Å². The molecule has 0 spiro atoms. The third-order valence-corrected chi connectivity index (χ3v) is 1.73. The monoisotopic (exact) mass is 182 g/mol. The van der Waals surface area contributed by atoms with Crippen molar-refractivity contribution in [3.63, 3.8) is 0 Å². The van der Waals surface area contributed by atoms with Crippen molar-refractivity contribution in [3.8, 4) is 0 Å². The first kappa shape index (κ1) is 11.9. The number of rotatable bonds is 4. The second kappa shape index (κ2) is 6.46. The van der Waals surface area contributed by atoms with Gasteiger partial charge >= 0.3 is 5.97 Å².